The number of carbonyl (C=O) groups is 1. The zero-order valence-corrected chi connectivity index (χ0v) is 20.3. The molecule has 0 aliphatic carbocycles. The lowest BCUT2D eigenvalue weighted by Gasteiger charge is -2.33. The van der Waals surface area contributed by atoms with E-state index >= 15 is 0 Å². The van der Waals surface area contributed by atoms with Gasteiger partial charge in [0.15, 0.2) is 11.5 Å². The molecule has 188 valence electrons. The molecule has 0 amide bonds. The Bertz CT molecular complexity index is 1510. The van der Waals surface area contributed by atoms with Crippen LogP contribution in [0.5, 0.6) is 0 Å². The van der Waals surface area contributed by atoms with E-state index in [4.69, 9.17) is 0 Å². The molecule has 36 heavy (non-hydrogen) atoms. The zero-order valence-electron chi connectivity index (χ0n) is 19.5. The summed E-state index contributed by atoms with van der Waals surface area (Å²) >= 11 is 0. The first kappa shape index (κ1) is 24.3. The maximum Gasteiger partial charge on any atom is 0.354 e. The topological polar surface area (TPSA) is 104 Å². The molecule has 0 saturated carbocycles. The van der Waals surface area contributed by atoms with E-state index in [1.165, 1.54) is 16.4 Å². The van der Waals surface area contributed by atoms with Gasteiger partial charge in [-0.1, -0.05) is 12.1 Å². The molecule has 0 unspecified atom stereocenters. The smallest absolute Gasteiger partial charge is 0.354 e. The molecule has 11 heteroatoms. The van der Waals surface area contributed by atoms with Crippen LogP contribution in [0.2, 0.25) is 0 Å². The van der Waals surface area contributed by atoms with Crippen molar-refractivity contribution < 1.29 is 27.1 Å². The van der Waals surface area contributed by atoms with Gasteiger partial charge < -0.3 is 10.0 Å². The van der Waals surface area contributed by atoms with E-state index in [2.05, 4.69) is 9.97 Å². The van der Waals surface area contributed by atoms with Gasteiger partial charge in [-0.2, -0.15) is 4.31 Å². The number of hydrogen-bond donors (Lipinski definition) is 1. The molecule has 3 aromatic rings. The average molecular weight is 515 g/mol. The number of pyridine rings is 2. The highest BCUT2D eigenvalue weighted by molar-refractivity contribution is 7.88. The Labute approximate surface area is 206 Å². The number of benzene rings is 1. The van der Waals surface area contributed by atoms with Crippen molar-refractivity contribution in [2.75, 3.05) is 30.8 Å². The number of hydrogen-bond acceptors (Lipinski definition) is 6. The summed E-state index contributed by atoms with van der Waals surface area (Å²) in [4.78, 5) is 22.2. The Hall–Kier alpha value is -3.44. The Morgan fingerprint density at radius 3 is 2.64 bits per heavy atom. The van der Waals surface area contributed by atoms with Gasteiger partial charge in [0.1, 0.15) is 5.52 Å². The number of nitrogens with zero attached hydrogens (tertiary/aromatic N) is 4. The lowest BCUT2D eigenvalue weighted by Crippen LogP contribution is -2.33. The fourth-order valence-electron chi connectivity index (χ4n) is 4.89. The molecule has 0 bridgehead atoms. The van der Waals surface area contributed by atoms with E-state index in [0.717, 1.165) is 11.8 Å². The molecule has 8 nitrogen and oxygen atoms in total. The van der Waals surface area contributed by atoms with E-state index in [0.29, 0.717) is 59.4 Å². The van der Waals surface area contributed by atoms with Gasteiger partial charge in [-0.3, -0.25) is 4.98 Å². The van der Waals surface area contributed by atoms with Crippen molar-refractivity contribution in [1.82, 2.24) is 14.3 Å². The number of anilines is 2. The summed E-state index contributed by atoms with van der Waals surface area (Å²) in [5.74, 6) is -0.865. The molecule has 5 rings (SSSR count). The number of aryl methyl sites for hydroxylation is 1. The first-order valence-electron chi connectivity index (χ1n) is 11.5. The van der Waals surface area contributed by atoms with Gasteiger partial charge in [-0.05, 0) is 60.2 Å². The Morgan fingerprint density at radius 2 is 1.97 bits per heavy atom. The number of halogens is 2. The SMILES string of the molecule is CS(=O)(=O)N1CC=C(c2cc3c(cc2C(F)F)N(c2nc(C(=O)O)cc4cccnc24)CCC3)CC1. The lowest BCUT2D eigenvalue weighted by molar-refractivity contribution is 0.0690. The number of aromatic carboxylic acids is 1. The van der Waals surface area contributed by atoms with Crippen molar-refractivity contribution in [2.24, 2.45) is 0 Å². The van der Waals surface area contributed by atoms with Crippen molar-refractivity contribution >= 4 is 44.0 Å². The summed E-state index contributed by atoms with van der Waals surface area (Å²) in [7, 11) is -3.36. The standard InChI is InChI=1S/C25H24F2N4O4S/c1-36(34,35)30-10-6-15(7-11-30)18-12-16-5-3-9-31(21(16)14-19(18)23(26)27)24-22-17(4-2-8-28-22)13-20(29-24)25(32)33/h2,4,6,8,12-14,23H,3,5,7,9-11H2,1H3,(H,32,33). The lowest BCUT2D eigenvalue weighted by atomic mass is 9.89. The van der Waals surface area contributed by atoms with Crippen molar-refractivity contribution in [3.05, 3.63) is 65.0 Å². The predicted molar refractivity (Wildman–Crippen MR) is 132 cm³/mol. The minimum absolute atomic E-state index is 0.142. The monoisotopic (exact) mass is 514 g/mol. The Balaban J connectivity index is 1.63. The van der Waals surface area contributed by atoms with E-state index in [1.807, 2.05) is 0 Å². The molecule has 2 aromatic heterocycles. The van der Waals surface area contributed by atoms with Crippen molar-refractivity contribution in [3.63, 3.8) is 0 Å². The van der Waals surface area contributed by atoms with Crippen LogP contribution in [-0.4, -0.2) is 59.7 Å². The number of sulfonamides is 1. The molecule has 2 aliphatic heterocycles. The highest BCUT2D eigenvalue weighted by Gasteiger charge is 2.29. The van der Waals surface area contributed by atoms with Crippen molar-refractivity contribution in [2.45, 2.75) is 25.7 Å². The molecule has 0 fully saturated rings. The van der Waals surface area contributed by atoms with E-state index in [-0.39, 0.29) is 24.3 Å². The van der Waals surface area contributed by atoms with Crippen LogP contribution in [0.25, 0.3) is 16.5 Å². The maximum absolute atomic E-state index is 14.3. The zero-order chi connectivity index (χ0) is 25.6. The largest absolute Gasteiger partial charge is 0.477 e. The van der Waals surface area contributed by atoms with Crippen LogP contribution in [0.3, 0.4) is 0 Å². The van der Waals surface area contributed by atoms with Gasteiger partial charge in [0, 0.05) is 42.5 Å². The molecule has 4 heterocycles. The molecule has 0 radical (unpaired) electrons. The number of alkyl halides is 2. The van der Waals surface area contributed by atoms with Crippen LogP contribution in [0.15, 0.2) is 42.6 Å². The second kappa shape index (κ2) is 9.21. The van der Waals surface area contributed by atoms with Gasteiger partial charge >= 0.3 is 5.97 Å². The molecular weight excluding hydrogens is 490 g/mol. The first-order valence-corrected chi connectivity index (χ1v) is 13.3. The number of aromatic nitrogens is 2. The number of carboxylic acid groups (broad SMARTS) is 1. The molecule has 1 N–H and O–H groups in total. The average Bonchev–Trinajstić information content (AvgIpc) is 2.86. The quantitative estimate of drug-likeness (QED) is 0.538. The van der Waals surface area contributed by atoms with E-state index in [9.17, 15) is 27.1 Å². The summed E-state index contributed by atoms with van der Waals surface area (Å²) in [6, 6.07) is 8.12. The number of fused-ring (bicyclic) bond motifs is 2. The summed E-state index contributed by atoms with van der Waals surface area (Å²) < 4.78 is 53.6. The minimum Gasteiger partial charge on any atom is -0.477 e. The Morgan fingerprint density at radius 1 is 1.17 bits per heavy atom. The van der Waals surface area contributed by atoms with Crippen LogP contribution in [0, 0.1) is 0 Å². The van der Waals surface area contributed by atoms with Crippen LogP contribution >= 0.6 is 0 Å². The second-order valence-corrected chi connectivity index (χ2v) is 10.9. The Kier molecular flexibility index (Phi) is 6.21. The maximum atomic E-state index is 14.3. The fraction of sp³-hybridized carbons (Fsp3) is 0.320. The van der Waals surface area contributed by atoms with E-state index in [1.54, 1.807) is 35.4 Å². The van der Waals surface area contributed by atoms with Gasteiger partial charge in [0.25, 0.3) is 6.43 Å². The summed E-state index contributed by atoms with van der Waals surface area (Å²) in [5, 5.41) is 10.2. The normalized spacial score (nSPS) is 16.8. The molecule has 0 spiro atoms. The minimum atomic E-state index is -3.36. The molecule has 0 saturated heterocycles. The fourth-order valence-corrected chi connectivity index (χ4v) is 5.66. The van der Waals surface area contributed by atoms with Gasteiger partial charge in [-0.15, -0.1) is 0 Å². The third kappa shape index (κ3) is 4.44. The van der Waals surface area contributed by atoms with Crippen LogP contribution in [0.1, 0.15) is 46.4 Å². The third-order valence-electron chi connectivity index (χ3n) is 6.64. The van der Waals surface area contributed by atoms with Crippen LogP contribution < -0.4 is 4.90 Å². The molecule has 0 atom stereocenters. The number of rotatable bonds is 5. The molecule has 2 aliphatic rings. The summed E-state index contributed by atoms with van der Waals surface area (Å²) in [6.07, 6.45) is 3.39. The van der Waals surface area contributed by atoms with Gasteiger partial charge in [-0.25, -0.2) is 27.0 Å². The van der Waals surface area contributed by atoms with Crippen molar-refractivity contribution in [1.29, 1.82) is 0 Å². The molecule has 1 aromatic carbocycles. The third-order valence-corrected chi connectivity index (χ3v) is 7.91. The number of carboxylic acids is 1. The van der Waals surface area contributed by atoms with Gasteiger partial charge in [0.2, 0.25) is 10.0 Å². The van der Waals surface area contributed by atoms with Gasteiger partial charge in [0.05, 0.1) is 6.26 Å². The van der Waals surface area contributed by atoms with Crippen molar-refractivity contribution in [3.8, 4) is 0 Å². The van der Waals surface area contributed by atoms with Crippen LogP contribution in [0.4, 0.5) is 20.3 Å². The predicted octanol–water partition coefficient (Wildman–Crippen LogP) is 4.40. The summed E-state index contributed by atoms with van der Waals surface area (Å²) in [6.45, 7) is 0.854. The second-order valence-electron chi connectivity index (χ2n) is 8.94. The highest BCUT2D eigenvalue weighted by atomic mass is 32.2. The van der Waals surface area contributed by atoms with E-state index < -0.39 is 22.4 Å². The molecular formula is C25H24F2N4O4S. The van der Waals surface area contributed by atoms with Crippen LogP contribution in [-0.2, 0) is 16.4 Å². The highest BCUT2D eigenvalue weighted by Crippen LogP contribution is 2.42. The summed E-state index contributed by atoms with van der Waals surface area (Å²) in [5.41, 5.74) is 2.72. The first-order chi connectivity index (χ1) is 17.1.